The van der Waals surface area contributed by atoms with Crippen LogP contribution in [0.4, 0.5) is 0 Å². The summed E-state index contributed by atoms with van der Waals surface area (Å²) < 4.78 is 5.86. The highest BCUT2D eigenvalue weighted by Gasteiger charge is 2.30. The second-order valence-electron chi connectivity index (χ2n) is 5.14. The Kier molecular flexibility index (Phi) is 3.22. The number of piperidine rings is 1. The van der Waals surface area contributed by atoms with E-state index in [1.807, 2.05) is 23.1 Å². The van der Waals surface area contributed by atoms with E-state index in [-0.39, 0.29) is 12.0 Å². The Balaban J connectivity index is 1.69. The first-order valence-electron chi connectivity index (χ1n) is 6.88. The van der Waals surface area contributed by atoms with Crippen LogP contribution in [-0.4, -0.2) is 30.0 Å². The number of rotatable bonds is 1. The van der Waals surface area contributed by atoms with Gasteiger partial charge in [0.2, 0.25) is 0 Å². The lowest BCUT2D eigenvalue weighted by Crippen LogP contribution is -2.45. The van der Waals surface area contributed by atoms with E-state index in [1.165, 1.54) is 12.0 Å². The van der Waals surface area contributed by atoms with Crippen LogP contribution in [0.2, 0.25) is 0 Å². The topological polar surface area (TPSA) is 29.5 Å². The second-order valence-corrected chi connectivity index (χ2v) is 5.14. The van der Waals surface area contributed by atoms with E-state index in [1.54, 1.807) is 0 Å². The summed E-state index contributed by atoms with van der Waals surface area (Å²) in [6.45, 7) is 1.81. The van der Waals surface area contributed by atoms with Gasteiger partial charge in [0.1, 0.15) is 5.75 Å². The first kappa shape index (κ1) is 11.6. The van der Waals surface area contributed by atoms with Gasteiger partial charge >= 0.3 is 0 Å². The molecule has 1 aromatic rings. The Morgan fingerprint density at radius 2 is 1.94 bits per heavy atom. The summed E-state index contributed by atoms with van der Waals surface area (Å²) in [5.41, 5.74) is 1.22. The number of fused-ring (bicyclic) bond motifs is 1. The Hall–Kier alpha value is -1.51. The van der Waals surface area contributed by atoms with Crippen molar-refractivity contribution in [3.05, 3.63) is 29.8 Å². The minimum Gasteiger partial charge on any atom is -0.480 e. The molecule has 0 saturated carbocycles. The van der Waals surface area contributed by atoms with Crippen molar-refractivity contribution in [2.75, 3.05) is 13.1 Å². The fourth-order valence-electron chi connectivity index (χ4n) is 2.82. The number of hydrogen-bond acceptors (Lipinski definition) is 2. The van der Waals surface area contributed by atoms with E-state index in [9.17, 15) is 4.79 Å². The minimum absolute atomic E-state index is 0.184. The van der Waals surface area contributed by atoms with Crippen molar-refractivity contribution in [1.29, 1.82) is 0 Å². The van der Waals surface area contributed by atoms with Gasteiger partial charge in [0.15, 0.2) is 6.10 Å². The Labute approximate surface area is 108 Å². The summed E-state index contributed by atoms with van der Waals surface area (Å²) in [5.74, 6) is 1.07. The Bertz CT molecular complexity index is 438. The number of likely N-dealkylation sites (tertiary alicyclic amines) is 1. The molecule has 1 saturated heterocycles. The van der Waals surface area contributed by atoms with Gasteiger partial charge in [-0.25, -0.2) is 0 Å². The zero-order valence-electron chi connectivity index (χ0n) is 10.6. The van der Waals surface area contributed by atoms with Crippen molar-refractivity contribution in [3.8, 4) is 5.75 Å². The SMILES string of the molecule is O=C(C1CCc2ccccc2O1)N1CCCCC1. The van der Waals surface area contributed by atoms with Crippen LogP contribution >= 0.6 is 0 Å². The van der Waals surface area contributed by atoms with E-state index in [0.29, 0.717) is 0 Å². The number of nitrogens with zero attached hydrogens (tertiary/aromatic N) is 1. The fourth-order valence-corrected chi connectivity index (χ4v) is 2.82. The van der Waals surface area contributed by atoms with Crippen molar-refractivity contribution in [2.24, 2.45) is 0 Å². The summed E-state index contributed by atoms with van der Waals surface area (Å²) in [7, 11) is 0. The monoisotopic (exact) mass is 245 g/mol. The van der Waals surface area contributed by atoms with Crippen LogP contribution in [0, 0.1) is 0 Å². The van der Waals surface area contributed by atoms with E-state index in [4.69, 9.17) is 4.74 Å². The summed E-state index contributed by atoms with van der Waals surface area (Å²) in [6.07, 6.45) is 5.01. The molecule has 2 heterocycles. The van der Waals surface area contributed by atoms with E-state index in [0.717, 1.165) is 44.5 Å². The zero-order chi connectivity index (χ0) is 12.4. The third kappa shape index (κ3) is 2.22. The highest BCUT2D eigenvalue weighted by atomic mass is 16.5. The quantitative estimate of drug-likeness (QED) is 0.760. The predicted molar refractivity (Wildman–Crippen MR) is 69.6 cm³/mol. The number of para-hydroxylation sites is 1. The van der Waals surface area contributed by atoms with Crippen molar-refractivity contribution in [3.63, 3.8) is 0 Å². The van der Waals surface area contributed by atoms with Gasteiger partial charge in [-0.15, -0.1) is 0 Å². The molecular weight excluding hydrogens is 226 g/mol. The molecule has 0 bridgehead atoms. The van der Waals surface area contributed by atoms with Gasteiger partial charge in [-0.1, -0.05) is 18.2 Å². The van der Waals surface area contributed by atoms with Crippen LogP contribution in [0.3, 0.4) is 0 Å². The number of aryl methyl sites for hydroxylation is 1. The Morgan fingerprint density at radius 1 is 1.17 bits per heavy atom. The molecular formula is C15H19NO2. The fraction of sp³-hybridized carbons (Fsp3) is 0.533. The first-order valence-corrected chi connectivity index (χ1v) is 6.88. The zero-order valence-corrected chi connectivity index (χ0v) is 10.6. The van der Waals surface area contributed by atoms with E-state index in [2.05, 4.69) is 6.07 Å². The Morgan fingerprint density at radius 3 is 2.78 bits per heavy atom. The van der Waals surface area contributed by atoms with Gasteiger partial charge in [0.25, 0.3) is 5.91 Å². The summed E-state index contributed by atoms with van der Waals surface area (Å²) in [4.78, 5) is 14.3. The molecule has 1 aromatic carbocycles. The highest BCUT2D eigenvalue weighted by molar-refractivity contribution is 5.81. The molecule has 1 fully saturated rings. The average molecular weight is 245 g/mol. The second kappa shape index (κ2) is 5.01. The maximum atomic E-state index is 12.4. The maximum absolute atomic E-state index is 12.4. The molecule has 2 aliphatic rings. The van der Waals surface area contributed by atoms with Crippen molar-refractivity contribution < 1.29 is 9.53 Å². The smallest absolute Gasteiger partial charge is 0.263 e. The molecule has 3 rings (SSSR count). The molecule has 3 nitrogen and oxygen atoms in total. The number of carbonyl (C=O) groups is 1. The van der Waals surface area contributed by atoms with Gasteiger partial charge in [0.05, 0.1) is 0 Å². The molecule has 1 atom stereocenters. The van der Waals surface area contributed by atoms with Crippen molar-refractivity contribution >= 4 is 5.91 Å². The van der Waals surface area contributed by atoms with Gasteiger partial charge in [-0.2, -0.15) is 0 Å². The summed E-state index contributed by atoms with van der Waals surface area (Å²) in [5, 5.41) is 0. The number of carbonyl (C=O) groups excluding carboxylic acids is 1. The standard InChI is InChI=1S/C15H19NO2/c17-15(16-10-4-1-5-11-16)14-9-8-12-6-2-3-7-13(12)18-14/h2-3,6-7,14H,1,4-5,8-11H2. The molecule has 2 aliphatic heterocycles. The lowest BCUT2D eigenvalue weighted by atomic mass is 10.0. The van der Waals surface area contributed by atoms with Crippen LogP contribution in [0.25, 0.3) is 0 Å². The summed E-state index contributed by atoms with van der Waals surface area (Å²) in [6, 6.07) is 8.03. The van der Waals surface area contributed by atoms with Gasteiger partial charge in [-0.05, 0) is 43.7 Å². The predicted octanol–water partition coefficient (Wildman–Crippen LogP) is 2.39. The molecule has 0 spiro atoms. The third-order valence-corrected chi connectivity index (χ3v) is 3.86. The maximum Gasteiger partial charge on any atom is 0.263 e. The number of benzene rings is 1. The largest absolute Gasteiger partial charge is 0.480 e. The van der Waals surface area contributed by atoms with Crippen LogP contribution in [-0.2, 0) is 11.2 Å². The van der Waals surface area contributed by atoms with Crippen molar-refractivity contribution in [1.82, 2.24) is 4.90 Å². The van der Waals surface area contributed by atoms with Gasteiger partial charge < -0.3 is 9.64 Å². The number of amides is 1. The molecule has 0 aromatic heterocycles. The normalized spacial score (nSPS) is 23.1. The highest BCUT2D eigenvalue weighted by Crippen LogP contribution is 2.28. The molecule has 18 heavy (non-hydrogen) atoms. The van der Waals surface area contributed by atoms with Crippen LogP contribution in [0.5, 0.6) is 5.75 Å². The third-order valence-electron chi connectivity index (χ3n) is 3.86. The molecule has 3 heteroatoms. The molecule has 0 radical (unpaired) electrons. The van der Waals surface area contributed by atoms with Crippen LogP contribution < -0.4 is 4.74 Å². The number of ether oxygens (including phenoxy) is 1. The van der Waals surface area contributed by atoms with Crippen LogP contribution in [0.1, 0.15) is 31.2 Å². The molecule has 0 N–H and O–H groups in total. The lowest BCUT2D eigenvalue weighted by molar-refractivity contribution is -0.140. The van der Waals surface area contributed by atoms with Crippen molar-refractivity contribution in [2.45, 2.75) is 38.2 Å². The minimum atomic E-state index is -0.266. The van der Waals surface area contributed by atoms with Gasteiger partial charge in [0, 0.05) is 13.1 Å². The first-order chi connectivity index (χ1) is 8.84. The van der Waals surface area contributed by atoms with Gasteiger partial charge in [-0.3, -0.25) is 4.79 Å². The number of hydrogen-bond donors (Lipinski definition) is 0. The molecule has 0 aliphatic carbocycles. The summed E-state index contributed by atoms with van der Waals surface area (Å²) >= 11 is 0. The molecule has 96 valence electrons. The lowest BCUT2D eigenvalue weighted by Gasteiger charge is -2.32. The van der Waals surface area contributed by atoms with Crippen LogP contribution in [0.15, 0.2) is 24.3 Å². The molecule has 1 amide bonds. The average Bonchev–Trinajstić information content (AvgIpc) is 2.47. The van der Waals surface area contributed by atoms with E-state index >= 15 is 0 Å². The molecule has 1 unspecified atom stereocenters. The van der Waals surface area contributed by atoms with E-state index < -0.39 is 0 Å².